The molecule has 0 amide bonds. The normalized spacial score (nSPS) is 23.8. The van der Waals surface area contributed by atoms with Crippen LogP contribution in [0.4, 0.5) is 0 Å². The van der Waals surface area contributed by atoms with Gasteiger partial charge in [-0.1, -0.05) is 20.8 Å². The lowest BCUT2D eigenvalue weighted by atomic mass is 10.2. The van der Waals surface area contributed by atoms with Crippen molar-refractivity contribution in [2.75, 3.05) is 6.61 Å². The van der Waals surface area contributed by atoms with Gasteiger partial charge in [-0.15, -0.1) is 0 Å². The Labute approximate surface area is 93.3 Å². The van der Waals surface area contributed by atoms with Crippen LogP contribution >= 0.6 is 0 Å². The summed E-state index contributed by atoms with van der Waals surface area (Å²) in [6.45, 7) is 11.4. The molecule has 4 heteroatoms. The maximum Gasteiger partial charge on any atom is 0.334 e. The van der Waals surface area contributed by atoms with Crippen molar-refractivity contribution in [1.29, 1.82) is 0 Å². The van der Waals surface area contributed by atoms with E-state index in [2.05, 4.69) is 33.9 Å². The summed E-state index contributed by atoms with van der Waals surface area (Å²) in [7, 11) is -1.83. The van der Waals surface area contributed by atoms with E-state index >= 15 is 0 Å². The monoisotopic (exact) mass is 230 g/mol. The van der Waals surface area contributed by atoms with E-state index in [9.17, 15) is 4.79 Å². The molecule has 3 nitrogen and oxygen atoms in total. The standard InChI is InChI=1S/C11H22O3Si/c1-11(2,3)15(4,5)14-9-7-6-8-13-10(9)12/h9H,6-8H2,1-5H3/t9-/m1/s1. The molecule has 1 fully saturated rings. The first-order chi connectivity index (χ1) is 6.74. The van der Waals surface area contributed by atoms with E-state index in [1.165, 1.54) is 0 Å². The zero-order valence-corrected chi connectivity index (χ0v) is 11.4. The summed E-state index contributed by atoms with van der Waals surface area (Å²) in [5.74, 6) is -0.175. The molecule has 0 radical (unpaired) electrons. The van der Waals surface area contributed by atoms with Crippen LogP contribution in [0.3, 0.4) is 0 Å². The Morgan fingerprint density at radius 3 is 2.47 bits per heavy atom. The molecule has 88 valence electrons. The lowest BCUT2D eigenvalue weighted by Crippen LogP contribution is -2.47. The first kappa shape index (κ1) is 12.7. The third kappa shape index (κ3) is 3.05. The molecule has 1 saturated heterocycles. The topological polar surface area (TPSA) is 35.5 Å². The highest BCUT2D eigenvalue weighted by Gasteiger charge is 2.41. The van der Waals surface area contributed by atoms with Crippen LogP contribution in [0.15, 0.2) is 0 Å². The molecule has 0 aliphatic carbocycles. The average Bonchev–Trinajstić information content (AvgIpc) is 2.06. The van der Waals surface area contributed by atoms with E-state index < -0.39 is 8.32 Å². The molecular weight excluding hydrogens is 208 g/mol. The summed E-state index contributed by atoms with van der Waals surface area (Å²) < 4.78 is 11.0. The second kappa shape index (κ2) is 4.26. The predicted octanol–water partition coefficient (Wildman–Crippen LogP) is 2.71. The quantitative estimate of drug-likeness (QED) is 0.540. The zero-order chi connectivity index (χ0) is 11.7. The van der Waals surface area contributed by atoms with Gasteiger partial charge in [-0.3, -0.25) is 0 Å². The van der Waals surface area contributed by atoms with Gasteiger partial charge in [0, 0.05) is 0 Å². The molecule has 0 aromatic rings. The van der Waals surface area contributed by atoms with Gasteiger partial charge in [0.2, 0.25) is 0 Å². The fourth-order valence-electron chi connectivity index (χ4n) is 1.29. The maximum atomic E-state index is 11.5. The van der Waals surface area contributed by atoms with Crippen molar-refractivity contribution in [3.8, 4) is 0 Å². The van der Waals surface area contributed by atoms with Gasteiger partial charge in [0.1, 0.15) is 6.10 Å². The number of esters is 1. The van der Waals surface area contributed by atoms with Crippen molar-refractivity contribution >= 4 is 14.3 Å². The molecule has 0 saturated carbocycles. The molecule has 1 atom stereocenters. The largest absolute Gasteiger partial charge is 0.464 e. The van der Waals surface area contributed by atoms with Crippen LogP contribution in [0.2, 0.25) is 18.1 Å². The predicted molar refractivity (Wildman–Crippen MR) is 62.3 cm³/mol. The highest BCUT2D eigenvalue weighted by molar-refractivity contribution is 6.74. The zero-order valence-electron chi connectivity index (χ0n) is 10.4. The molecule has 0 N–H and O–H groups in total. The molecule has 15 heavy (non-hydrogen) atoms. The summed E-state index contributed by atoms with van der Waals surface area (Å²) >= 11 is 0. The van der Waals surface area contributed by atoms with Crippen LogP contribution in [0.1, 0.15) is 33.6 Å². The minimum absolute atomic E-state index is 0.144. The smallest absolute Gasteiger partial charge is 0.334 e. The van der Waals surface area contributed by atoms with Gasteiger partial charge < -0.3 is 9.16 Å². The van der Waals surface area contributed by atoms with Gasteiger partial charge in [0.25, 0.3) is 0 Å². The molecule has 0 unspecified atom stereocenters. The van der Waals surface area contributed by atoms with E-state index in [-0.39, 0.29) is 17.1 Å². The first-order valence-electron chi connectivity index (χ1n) is 5.58. The molecule has 0 bridgehead atoms. The fraction of sp³-hybridized carbons (Fsp3) is 0.909. The van der Waals surface area contributed by atoms with Gasteiger partial charge in [-0.25, -0.2) is 4.79 Å². The van der Waals surface area contributed by atoms with Crippen molar-refractivity contribution < 1.29 is 14.0 Å². The van der Waals surface area contributed by atoms with Gasteiger partial charge in [-0.05, 0) is 31.0 Å². The minimum atomic E-state index is -1.83. The number of carbonyl (C=O) groups excluding carboxylic acids is 1. The Balaban J connectivity index is 2.63. The van der Waals surface area contributed by atoms with Crippen LogP contribution in [-0.2, 0) is 14.0 Å². The van der Waals surface area contributed by atoms with Crippen LogP contribution in [0.25, 0.3) is 0 Å². The van der Waals surface area contributed by atoms with Gasteiger partial charge in [0.15, 0.2) is 8.32 Å². The Bertz CT molecular complexity index is 243. The Morgan fingerprint density at radius 1 is 1.40 bits per heavy atom. The number of hydrogen-bond donors (Lipinski definition) is 0. The van der Waals surface area contributed by atoms with E-state index in [1.54, 1.807) is 0 Å². The molecule has 0 aromatic heterocycles. The molecule has 0 spiro atoms. The number of hydrogen-bond acceptors (Lipinski definition) is 3. The molecule has 1 heterocycles. The van der Waals surface area contributed by atoms with E-state index in [0.29, 0.717) is 6.61 Å². The van der Waals surface area contributed by atoms with Gasteiger partial charge in [-0.2, -0.15) is 0 Å². The van der Waals surface area contributed by atoms with Gasteiger partial charge in [0.05, 0.1) is 6.61 Å². The maximum absolute atomic E-state index is 11.5. The van der Waals surface area contributed by atoms with E-state index in [0.717, 1.165) is 12.8 Å². The van der Waals surface area contributed by atoms with Crippen molar-refractivity contribution in [1.82, 2.24) is 0 Å². The fourth-order valence-corrected chi connectivity index (χ4v) is 2.57. The summed E-state index contributed by atoms with van der Waals surface area (Å²) in [6, 6.07) is 0. The Hall–Kier alpha value is -0.353. The third-order valence-corrected chi connectivity index (χ3v) is 7.85. The summed E-state index contributed by atoms with van der Waals surface area (Å²) in [5, 5.41) is 0.144. The number of ether oxygens (including phenoxy) is 1. The van der Waals surface area contributed by atoms with E-state index in [1.807, 2.05) is 0 Å². The van der Waals surface area contributed by atoms with Crippen molar-refractivity contribution in [2.45, 2.75) is 57.8 Å². The summed E-state index contributed by atoms with van der Waals surface area (Å²) in [5.41, 5.74) is 0. The molecule has 1 aliphatic heterocycles. The Morgan fingerprint density at radius 2 is 2.00 bits per heavy atom. The Kier molecular flexibility index (Phi) is 3.61. The second-order valence-electron chi connectivity index (χ2n) is 5.68. The first-order valence-corrected chi connectivity index (χ1v) is 8.49. The van der Waals surface area contributed by atoms with Crippen molar-refractivity contribution in [3.05, 3.63) is 0 Å². The lowest BCUT2D eigenvalue weighted by molar-refractivity contribution is -0.157. The van der Waals surface area contributed by atoms with Crippen LogP contribution in [0.5, 0.6) is 0 Å². The highest BCUT2D eigenvalue weighted by Crippen LogP contribution is 2.38. The molecular formula is C11H22O3Si. The molecule has 1 aliphatic rings. The molecule has 0 aromatic carbocycles. The average molecular weight is 230 g/mol. The van der Waals surface area contributed by atoms with Crippen molar-refractivity contribution in [2.24, 2.45) is 0 Å². The summed E-state index contributed by atoms with van der Waals surface area (Å²) in [4.78, 5) is 11.5. The highest BCUT2D eigenvalue weighted by atomic mass is 28.4. The van der Waals surface area contributed by atoms with Crippen LogP contribution in [-0.4, -0.2) is 27.0 Å². The van der Waals surface area contributed by atoms with E-state index in [4.69, 9.17) is 9.16 Å². The third-order valence-electron chi connectivity index (χ3n) is 3.36. The minimum Gasteiger partial charge on any atom is -0.464 e. The van der Waals surface area contributed by atoms with Crippen LogP contribution in [0, 0.1) is 0 Å². The number of rotatable bonds is 2. The van der Waals surface area contributed by atoms with Crippen molar-refractivity contribution in [3.63, 3.8) is 0 Å². The molecule has 1 rings (SSSR count). The van der Waals surface area contributed by atoms with Crippen LogP contribution < -0.4 is 0 Å². The lowest BCUT2D eigenvalue weighted by Gasteiger charge is -2.39. The second-order valence-corrected chi connectivity index (χ2v) is 10.4. The van der Waals surface area contributed by atoms with Gasteiger partial charge >= 0.3 is 5.97 Å². The number of carbonyl (C=O) groups is 1. The summed E-state index contributed by atoms with van der Waals surface area (Å²) in [6.07, 6.45) is 1.41. The number of cyclic esters (lactones) is 1. The SMILES string of the molecule is CC(C)(C)[Si](C)(C)O[C@@H]1CCCOC1=O.